The summed E-state index contributed by atoms with van der Waals surface area (Å²) in [7, 11) is 0. The van der Waals surface area contributed by atoms with Gasteiger partial charge < -0.3 is 14.4 Å². The normalized spacial score (nSPS) is 13.2. The first-order valence-corrected chi connectivity index (χ1v) is 15.1. The molecule has 0 aliphatic heterocycles. The second-order valence-corrected chi connectivity index (χ2v) is 11.8. The van der Waals surface area contributed by atoms with Gasteiger partial charge in [0.15, 0.2) is 0 Å². The van der Waals surface area contributed by atoms with E-state index in [0.29, 0.717) is 29.5 Å². The summed E-state index contributed by atoms with van der Waals surface area (Å²) in [5.41, 5.74) is -4.11. The average molecular weight is 818 g/mol. The Morgan fingerprint density at radius 2 is 1.11 bits per heavy atom. The average Bonchev–Trinajstić information content (AvgIpc) is 3.52. The Hall–Kier alpha value is -4.93. The molecule has 0 saturated heterocycles. The summed E-state index contributed by atoms with van der Waals surface area (Å²) in [6.07, 6.45) is -5.46. The van der Waals surface area contributed by atoms with Crippen LogP contribution in [0.15, 0.2) is 42.0 Å². The van der Waals surface area contributed by atoms with Crippen molar-refractivity contribution in [2.45, 2.75) is 55.6 Å². The summed E-state index contributed by atoms with van der Waals surface area (Å²) in [5.74, 6) is -49.7. The summed E-state index contributed by atoms with van der Waals surface area (Å²) in [4.78, 5) is 22.2. The highest BCUT2D eigenvalue weighted by molar-refractivity contribution is 7.14. The van der Waals surface area contributed by atoms with Crippen LogP contribution in [0.2, 0.25) is 0 Å². The first-order valence-electron chi connectivity index (χ1n) is 14.3. The molecule has 0 amide bonds. The van der Waals surface area contributed by atoms with Gasteiger partial charge in [-0.15, -0.1) is 11.3 Å². The molecule has 7 nitrogen and oxygen atoms in total. The maximum Gasteiger partial charge on any atom is 0.460 e. The maximum atomic E-state index is 15.3. The molecule has 2 rings (SSSR count). The van der Waals surface area contributed by atoms with Crippen molar-refractivity contribution < 1.29 is 84.9 Å². The molecule has 0 saturated carbocycles. The van der Waals surface area contributed by atoms with Gasteiger partial charge in [0, 0.05) is 29.3 Å². The first kappa shape index (κ1) is 45.2. The van der Waals surface area contributed by atoms with Gasteiger partial charge in [0.05, 0.1) is 18.7 Å². The fourth-order valence-corrected chi connectivity index (χ4v) is 5.21. The highest BCUT2D eigenvalue weighted by atomic mass is 32.1. The third-order valence-corrected chi connectivity index (χ3v) is 8.09. The molecule has 2 aromatic rings. The van der Waals surface area contributed by atoms with Crippen molar-refractivity contribution in [1.29, 1.82) is 10.5 Å². The third kappa shape index (κ3) is 8.71. The molecule has 1 heterocycles. The predicted octanol–water partition coefficient (Wildman–Crippen LogP) is 9.03. The number of halogens is 15. The summed E-state index contributed by atoms with van der Waals surface area (Å²) in [6.45, 7) is 2.52. The van der Waals surface area contributed by atoms with Crippen LogP contribution in [0.1, 0.15) is 29.2 Å². The molecule has 0 atom stereocenters. The molecule has 0 aliphatic carbocycles. The minimum atomic E-state index is -8.54. The number of nitriles is 2. The van der Waals surface area contributed by atoms with Gasteiger partial charge in [-0.25, -0.2) is 0 Å². The molecule has 0 spiro atoms. The van der Waals surface area contributed by atoms with E-state index in [2.05, 4.69) is 0 Å². The van der Waals surface area contributed by atoms with Crippen molar-refractivity contribution in [3.63, 3.8) is 0 Å². The summed E-state index contributed by atoms with van der Waals surface area (Å²) in [6, 6.07) is 8.32. The summed E-state index contributed by atoms with van der Waals surface area (Å²) < 4.78 is 218. The van der Waals surface area contributed by atoms with Gasteiger partial charge in [-0.3, -0.25) is 9.59 Å². The van der Waals surface area contributed by atoms with Gasteiger partial charge in [0.1, 0.15) is 30.9 Å². The molecule has 54 heavy (non-hydrogen) atoms. The number of hydrogen-bond donors (Lipinski definition) is 0. The number of esters is 2. The molecule has 1 aromatic carbocycles. The van der Waals surface area contributed by atoms with Gasteiger partial charge in [-0.1, -0.05) is 18.2 Å². The molecule has 1 aromatic heterocycles. The van der Waals surface area contributed by atoms with Gasteiger partial charge >= 0.3 is 53.7 Å². The smallest absolute Gasteiger partial charge is 0.460 e. The van der Waals surface area contributed by atoms with Crippen molar-refractivity contribution in [2.75, 3.05) is 31.2 Å². The van der Waals surface area contributed by atoms with Crippen LogP contribution in [0.4, 0.5) is 71.5 Å². The zero-order valence-corrected chi connectivity index (χ0v) is 27.8. The number of nitrogens with zero attached hydrogens (tertiary/aromatic N) is 3. The van der Waals surface area contributed by atoms with Crippen molar-refractivity contribution in [2.24, 2.45) is 0 Å². The fraction of sp³-hybridized carbons (Fsp3) is 0.419. The number of carbonyl (C=O) groups is 2. The Kier molecular flexibility index (Phi) is 13.6. The number of carbonyl (C=O) groups excluding carboxylic acids is 2. The van der Waals surface area contributed by atoms with Crippen LogP contribution in [0.5, 0.6) is 0 Å². The highest BCUT2D eigenvalue weighted by Gasteiger charge is 2.93. The third-order valence-electron chi connectivity index (χ3n) is 7.02. The van der Waals surface area contributed by atoms with Gasteiger partial charge in [0.2, 0.25) is 0 Å². The molecule has 0 aliphatic rings. The van der Waals surface area contributed by atoms with Crippen molar-refractivity contribution in [3.05, 3.63) is 57.3 Å². The molecule has 0 fully saturated rings. The Bertz CT molecular complexity index is 1790. The molecule has 0 radical (unpaired) electrons. The topological polar surface area (TPSA) is 103 Å². The van der Waals surface area contributed by atoms with E-state index >= 15 is 8.78 Å². The lowest BCUT2D eigenvalue weighted by Gasteiger charge is -2.41. The number of allylic oxidation sites excluding steroid dienone is 2. The van der Waals surface area contributed by atoms with E-state index in [1.165, 1.54) is 44.2 Å². The monoisotopic (exact) mass is 817 g/mol. The number of benzene rings is 1. The minimum Gasteiger partial charge on any atom is -0.464 e. The van der Waals surface area contributed by atoms with Crippen LogP contribution in [0.3, 0.4) is 0 Å². The van der Waals surface area contributed by atoms with Crippen LogP contribution in [0, 0.1) is 22.7 Å². The summed E-state index contributed by atoms with van der Waals surface area (Å²) >= 11 is -0.0762. The summed E-state index contributed by atoms with van der Waals surface area (Å²) in [5, 5.41) is 18.2. The molecule has 23 heteroatoms. The van der Waals surface area contributed by atoms with Crippen LogP contribution in [-0.4, -0.2) is 80.0 Å². The molecule has 0 unspecified atom stereocenters. The standard InChI is InChI=1S/C31H22F15N3O4S/c1-17(50)52-13-11-49(12-14-53-18(2)51)21-6-3-19(4-7-21)5-8-22-9-10-23(54-22)24(20(15-47)16-48)25(32,33)26(34,35)27(36,37)28(38,39)29(40,41)30(42,43)31(44,45)46/h3-10H,11-14H2,1-2H3/b8-5+. The number of anilines is 1. The molecule has 0 N–H and O–H groups in total. The lowest BCUT2D eigenvalue weighted by Crippen LogP contribution is -2.72. The Morgan fingerprint density at radius 1 is 0.667 bits per heavy atom. The van der Waals surface area contributed by atoms with Crippen LogP contribution in [0.25, 0.3) is 17.7 Å². The number of rotatable bonds is 16. The van der Waals surface area contributed by atoms with Gasteiger partial charge in [-0.05, 0) is 35.9 Å². The molecular weight excluding hydrogens is 795 g/mol. The minimum absolute atomic E-state index is 0.0565. The SMILES string of the molecule is CC(=O)OCCN(CCOC(C)=O)c1ccc(/C=C/c2ccc(C(=C(C#N)C#N)C(F)(F)C(F)(F)C(F)(F)C(F)(F)C(F)(F)C(F)(F)C(F)(F)F)s2)cc1. The number of hydrogen-bond acceptors (Lipinski definition) is 8. The maximum absolute atomic E-state index is 15.3. The lowest BCUT2D eigenvalue weighted by atomic mass is 9.87. The largest absolute Gasteiger partial charge is 0.464 e. The van der Waals surface area contributed by atoms with Gasteiger partial charge in [0.25, 0.3) is 0 Å². The Morgan fingerprint density at radius 3 is 1.54 bits per heavy atom. The number of ether oxygens (including phenoxy) is 2. The second-order valence-electron chi connectivity index (χ2n) is 10.7. The van der Waals surface area contributed by atoms with E-state index in [0.717, 1.165) is 12.1 Å². The Balaban J connectivity index is 2.53. The van der Waals surface area contributed by atoms with E-state index in [4.69, 9.17) is 20.0 Å². The van der Waals surface area contributed by atoms with Gasteiger partial charge in [-0.2, -0.15) is 76.4 Å². The van der Waals surface area contributed by atoms with E-state index in [1.807, 2.05) is 0 Å². The zero-order valence-electron chi connectivity index (χ0n) is 27.0. The molecule has 296 valence electrons. The van der Waals surface area contributed by atoms with E-state index < -0.39 is 69.7 Å². The van der Waals surface area contributed by atoms with Crippen molar-refractivity contribution >= 4 is 46.7 Å². The van der Waals surface area contributed by atoms with Crippen molar-refractivity contribution in [3.8, 4) is 12.1 Å². The predicted molar refractivity (Wildman–Crippen MR) is 159 cm³/mol. The quantitative estimate of drug-likeness (QED) is 0.0947. The second kappa shape index (κ2) is 16.2. The number of alkyl halides is 15. The molecule has 0 bridgehead atoms. The lowest BCUT2D eigenvalue weighted by molar-refractivity contribution is -0.449. The van der Waals surface area contributed by atoms with E-state index in [1.54, 1.807) is 4.90 Å². The van der Waals surface area contributed by atoms with Crippen LogP contribution >= 0.6 is 11.3 Å². The number of thiophene rings is 1. The zero-order chi connectivity index (χ0) is 41.7. The fourth-order valence-electron chi connectivity index (χ4n) is 4.22. The van der Waals surface area contributed by atoms with E-state index in [9.17, 15) is 66.7 Å². The van der Waals surface area contributed by atoms with Crippen LogP contribution < -0.4 is 4.90 Å². The Labute approximate surface area is 298 Å². The molecular formula is C31H22F15N3O4S. The van der Waals surface area contributed by atoms with Crippen LogP contribution in [-0.2, 0) is 19.1 Å². The first-order chi connectivity index (χ1) is 24.5. The van der Waals surface area contributed by atoms with E-state index in [-0.39, 0.29) is 42.5 Å². The highest BCUT2D eigenvalue weighted by Crippen LogP contribution is 2.64. The van der Waals surface area contributed by atoms with Crippen molar-refractivity contribution in [1.82, 2.24) is 0 Å².